The third-order valence-electron chi connectivity index (χ3n) is 3.74. The van der Waals surface area contributed by atoms with Crippen LogP contribution in [-0.4, -0.2) is 26.1 Å². The number of hydrogen-bond donors (Lipinski definition) is 2. The predicted molar refractivity (Wildman–Crippen MR) is 96.9 cm³/mol. The number of pyridine rings is 1. The Bertz CT molecular complexity index is 795. The van der Waals surface area contributed by atoms with Crippen LogP contribution >= 0.6 is 11.8 Å². The van der Waals surface area contributed by atoms with E-state index in [0.29, 0.717) is 12.2 Å². The van der Waals surface area contributed by atoms with E-state index in [1.165, 1.54) is 17.3 Å². The average molecular weight is 340 g/mol. The quantitative estimate of drug-likeness (QED) is 0.674. The van der Waals surface area contributed by atoms with Crippen LogP contribution in [0.5, 0.6) is 0 Å². The number of fused-ring (bicyclic) bond motifs is 1. The van der Waals surface area contributed by atoms with Gasteiger partial charge in [-0.2, -0.15) is 0 Å². The van der Waals surface area contributed by atoms with E-state index < -0.39 is 0 Å². The fourth-order valence-electron chi connectivity index (χ4n) is 2.34. The third kappa shape index (κ3) is 3.94. The Morgan fingerprint density at radius 3 is 2.79 bits per heavy atom. The van der Waals surface area contributed by atoms with Gasteiger partial charge in [-0.15, -0.1) is 0 Å². The highest BCUT2D eigenvalue weighted by Gasteiger charge is 2.19. The molecule has 0 spiro atoms. The molecule has 0 bridgehead atoms. The number of nitrogens with zero attached hydrogens (tertiary/aromatic N) is 2. The molecule has 2 N–H and O–H groups in total. The number of H-pyrrole nitrogens is 1. The van der Waals surface area contributed by atoms with Crippen molar-refractivity contribution in [1.82, 2.24) is 20.3 Å². The molecule has 1 amide bonds. The van der Waals surface area contributed by atoms with Gasteiger partial charge in [-0.1, -0.05) is 48.5 Å². The number of aromatic nitrogens is 3. The first kappa shape index (κ1) is 16.5. The van der Waals surface area contributed by atoms with Gasteiger partial charge in [0.2, 0.25) is 5.91 Å². The SMILES string of the molecule is CC[C@@H](Sc1nc2ncccc2[nH]1)C(=O)NCc1ccc(C)cc1. The molecule has 2 aromatic heterocycles. The number of benzene rings is 1. The first-order valence-corrected chi connectivity index (χ1v) is 8.84. The summed E-state index contributed by atoms with van der Waals surface area (Å²) in [4.78, 5) is 24.3. The second-order valence-electron chi connectivity index (χ2n) is 5.63. The number of aryl methyl sites for hydroxylation is 1. The first-order valence-electron chi connectivity index (χ1n) is 7.96. The van der Waals surface area contributed by atoms with Crippen molar-refractivity contribution in [3.05, 3.63) is 53.7 Å². The number of nitrogens with one attached hydrogen (secondary N) is 2. The summed E-state index contributed by atoms with van der Waals surface area (Å²) in [7, 11) is 0. The normalized spacial score (nSPS) is 12.2. The molecule has 0 radical (unpaired) electrons. The standard InChI is InChI=1S/C18H20N4OS/c1-3-15(17(23)20-11-13-8-6-12(2)7-9-13)24-18-21-14-5-4-10-19-16(14)22-18/h4-10,15H,3,11H2,1-2H3,(H,20,23)(H,19,21,22)/t15-/m1/s1. The lowest BCUT2D eigenvalue weighted by Crippen LogP contribution is -2.31. The van der Waals surface area contributed by atoms with Crippen LogP contribution in [0.25, 0.3) is 11.2 Å². The third-order valence-corrected chi connectivity index (χ3v) is 4.99. The minimum Gasteiger partial charge on any atom is -0.351 e. The zero-order chi connectivity index (χ0) is 16.9. The van der Waals surface area contributed by atoms with Crippen molar-refractivity contribution in [1.29, 1.82) is 0 Å². The molecule has 3 aromatic rings. The van der Waals surface area contributed by atoms with E-state index >= 15 is 0 Å². The van der Waals surface area contributed by atoms with Crippen LogP contribution in [0.4, 0.5) is 0 Å². The summed E-state index contributed by atoms with van der Waals surface area (Å²) >= 11 is 1.44. The molecule has 124 valence electrons. The average Bonchev–Trinajstić information content (AvgIpc) is 3.01. The minimum atomic E-state index is -0.184. The zero-order valence-corrected chi connectivity index (χ0v) is 14.6. The lowest BCUT2D eigenvalue weighted by atomic mass is 10.1. The molecule has 3 rings (SSSR count). The Morgan fingerprint density at radius 2 is 2.08 bits per heavy atom. The van der Waals surface area contributed by atoms with E-state index in [4.69, 9.17) is 0 Å². The Hall–Kier alpha value is -2.34. The van der Waals surface area contributed by atoms with E-state index in [2.05, 4.69) is 32.4 Å². The van der Waals surface area contributed by atoms with Crippen molar-refractivity contribution >= 4 is 28.8 Å². The van der Waals surface area contributed by atoms with E-state index in [1.54, 1.807) is 6.20 Å². The van der Waals surface area contributed by atoms with Crippen LogP contribution in [0.3, 0.4) is 0 Å². The number of aromatic amines is 1. The van der Waals surface area contributed by atoms with Gasteiger partial charge in [0.25, 0.3) is 0 Å². The van der Waals surface area contributed by atoms with Gasteiger partial charge in [0, 0.05) is 12.7 Å². The van der Waals surface area contributed by atoms with Gasteiger partial charge in [-0.3, -0.25) is 4.79 Å². The Labute approximate surface area is 145 Å². The molecule has 6 heteroatoms. The van der Waals surface area contributed by atoms with Crippen molar-refractivity contribution in [3.63, 3.8) is 0 Å². The van der Waals surface area contributed by atoms with Gasteiger partial charge in [0.05, 0.1) is 10.8 Å². The lowest BCUT2D eigenvalue weighted by molar-refractivity contribution is -0.120. The number of amides is 1. The van der Waals surface area contributed by atoms with E-state index in [1.807, 2.05) is 38.1 Å². The molecule has 0 fully saturated rings. The minimum absolute atomic E-state index is 0.0245. The van der Waals surface area contributed by atoms with Crippen molar-refractivity contribution in [2.45, 2.75) is 37.2 Å². The van der Waals surface area contributed by atoms with Crippen molar-refractivity contribution in [3.8, 4) is 0 Å². The van der Waals surface area contributed by atoms with Crippen molar-refractivity contribution in [2.75, 3.05) is 0 Å². The van der Waals surface area contributed by atoms with Crippen LogP contribution in [0.1, 0.15) is 24.5 Å². The topological polar surface area (TPSA) is 70.7 Å². The molecular formula is C18H20N4OS. The van der Waals surface area contributed by atoms with Gasteiger partial charge in [0.15, 0.2) is 10.8 Å². The van der Waals surface area contributed by atoms with Gasteiger partial charge < -0.3 is 10.3 Å². The summed E-state index contributed by atoms with van der Waals surface area (Å²) in [6.07, 6.45) is 2.44. The monoisotopic (exact) mass is 340 g/mol. The fraction of sp³-hybridized carbons (Fsp3) is 0.278. The summed E-state index contributed by atoms with van der Waals surface area (Å²) < 4.78 is 0. The molecule has 0 aliphatic carbocycles. The van der Waals surface area contributed by atoms with Crippen LogP contribution in [0.15, 0.2) is 47.8 Å². The van der Waals surface area contributed by atoms with Gasteiger partial charge >= 0.3 is 0 Å². The number of carbonyl (C=O) groups is 1. The molecule has 0 saturated carbocycles. The Morgan fingerprint density at radius 1 is 1.29 bits per heavy atom. The number of imidazole rings is 1. The summed E-state index contributed by atoms with van der Waals surface area (Å²) in [5.74, 6) is 0.0245. The zero-order valence-electron chi connectivity index (χ0n) is 13.7. The van der Waals surface area contributed by atoms with Crippen molar-refractivity contribution < 1.29 is 4.79 Å². The largest absolute Gasteiger partial charge is 0.351 e. The molecule has 0 unspecified atom stereocenters. The summed E-state index contributed by atoms with van der Waals surface area (Å²) in [5.41, 5.74) is 3.87. The summed E-state index contributed by atoms with van der Waals surface area (Å²) in [5, 5.41) is 3.55. The maximum absolute atomic E-state index is 12.4. The predicted octanol–water partition coefficient (Wildman–Crippen LogP) is 3.45. The second kappa shape index (κ2) is 7.49. The fourth-order valence-corrected chi connectivity index (χ4v) is 3.28. The molecule has 1 aromatic carbocycles. The van der Waals surface area contributed by atoms with Gasteiger partial charge in [-0.05, 0) is 31.0 Å². The molecule has 0 saturated heterocycles. The van der Waals surface area contributed by atoms with Crippen LogP contribution < -0.4 is 5.32 Å². The number of carbonyl (C=O) groups excluding carboxylic acids is 1. The summed E-state index contributed by atoms with van der Waals surface area (Å²) in [6.45, 7) is 4.59. The van der Waals surface area contributed by atoms with E-state index in [-0.39, 0.29) is 11.2 Å². The lowest BCUT2D eigenvalue weighted by Gasteiger charge is -2.13. The van der Waals surface area contributed by atoms with Gasteiger partial charge in [0.1, 0.15) is 0 Å². The van der Waals surface area contributed by atoms with Crippen LogP contribution in [0.2, 0.25) is 0 Å². The van der Waals surface area contributed by atoms with E-state index in [0.717, 1.165) is 22.7 Å². The Kier molecular flexibility index (Phi) is 5.15. The number of hydrogen-bond acceptors (Lipinski definition) is 4. The van der Waals surface area contributed by atoms with E-state index in [9.17, 15) is 4.79 Å². The number of rotatable bonds is 6. The highest BCUT2D eigenvalue weighted by Crippen LogP contribution is 2.24. The smallest absolute Gasteiger partial charge is 0.233 e. The number of thioether (sulfide) groups is 1. The molecule has 2 heterocycles. The molecular weight excluding hydrogens is 320 g/mol. The maximum atomic E-state index is 12.4. The summed E-state index contributed by atoms with van der Waals surface area (Å²) in [6, 6.07) is 12.0. The molecule has 1 atom stereocenters. The highest BCUT2D eigenvalue weighted by molar-refractivity contribution is 8.00. The van der Waals surface area contributed by atoms with Crippen molar-refractivity contribution in [2.24, 2.45) is 0 Å². The van der Waals surface area contributed by atoms with Crippen LogP contribution in [0, 0.1) is 6.92 Å². The molecule has 0 aliphatic heterocycles. The second-order valence-corrected chi connectivity index (χ2v) is 6.83. The van der Waals surface area contributed by atoms with Crippen LogP contribution in [-0.2, 0) is 11.3 Å². The molecule has 0 aliphatic rings. The van der Waals surface area contributed by atoms with Gasteiger partial charge in [-0.25, -0.2) is 9.97 Å². The maximum Gasteiger partial charge on any atom is 0.233 e. The Balaban J connectivity index is 1.62. The first-order chi connectivity index (χ1) is 11.7. The molecule has 24 heavy (non-hydrogen) atoms. The molecule has 5 nitrogen and oxygen atoms in total. The highest BCUT2D eigenvalue weighted by atomic mass is 32.2.